The monoisotopic (exact) mass is 360 g/mol. The van der Waals surface area contributed by atoms with E-state index < -0.39 is 0 Å². The molecule has 8 heteroatoms. The molecule has 1 aromatic heterocycles. The van der Waals surface area contributed by atoms with Crippen LogP contribution in [0.15, 0.2) is 33.7 Å². The lowest BCUT2D eigenvalue weighted by atomic mass is 10.2. The van der Waals surface area contributed by atoms with Crippen molar-refractivity contribution in [1.29, 1.82) is 0 Å². The van der Waals surface area contributed by atoms with Crippen molar-refractivity contribution >= 4 is 35.8 Å². The molecule has 120 valence electrons. The first kappa shape index (κ1) is 17.6. The Labute approximate surface area is 145 Å². The van der Waals surface area contributed by atoms with Crippen LogP contribution in [0.3, 0.4) is 0 Å². The molecule has 3 rings (SSSR count). The van der Waals surface area contributed by atoms with Crippen molar-refractivity contribution in [1.82, 2.24) is 20.4 Å². The van der Waals surface area contributed by atoms with Gasteiger partial charge in [0.2, 0.25) is 5.89 Å². The number of rotatable bonds is 4. The van der Waals surface area contributed by atoms with Gasteiger partial charge in [-0.3, -0.25) is 4.90 Å². The molecule has 1 N–H and O–H groups in total. The largest absolute Gasteiger partial charge is 0.338 e. The summed E-state index contributed by atoms with van der Waals surface area (Å²) in [5.74, 6) is 2.08. The summed E-state index contributed by atoms with van der Waals surface area (Å²) in [6.07, 6.45) is 0. The maximum atomic E-state index is 5.87. The third-order valence-electron chi connectivity index (χ3n) is 3.47. The first-order valence-corrected chi connectivity index (χ1v) is 8.20. The Bertz CT molecular complexity index is 593. The van der Waals surface area contributed by atoms with Crippen LogP contribution in [0.5, 0.6) is 0 Å². The second-order valence-electron chi connectivity index (χ2n) is 4.99. The SMILES string of the molecule is CN1CCNCC1c1noc(CSc2ccc(Cl)cc2)n1.Cl. The Balaban J connectivity index is 0.00000176. The van der Waals surface area contributed by atoms with E-state index in [0.29, 0.717) is 11.6 Å². The molecule has 2 heterocycles. The van der Waals surface area contributed by atoms with Crippen molar-refractivity contribution in [2.75, 3.05) is 26.7 Å². The molecule has 1 aliphatic heterocycles. The number of likely N-dealkylation sites (N-methyl/N-ethyl adjacent to an activating group) is 1. The molecule has 1 atom stereocenters. The first-order valence-electron chi connectivity index (χ1n) is 6.84. The maximum Gasteiger partial charge on any atom is 0.237 e. The molecule has 0 bridgehead atoms. The lowest BCUT2D eigenvalue weighted by Gasteiger charge is -2.30. The van der Waals surface area contributed by atoms with Gasteiger partial charge in [-0.1, -0.05) is 16.8 Å². The zero-order chi connectivity index (χ0) is 14.7. The number of halogens is 2. The number of hydrogen-bond donors (Lipinski definition) is 1. The number of nitrogens with zero attached hydrogens (tertiary/aromatic N) is 3. The predicted molar refractivity (Wildman–Crippen MR) is 90.8 cm³/mol. The third kappa shape index (κ3) is 4.36. The van der Waals surface area contributed by atoms with Gasteiger partial charge in [-0.2, -0.15) is 4.98 Å². The van der Waals surface area contributed by atoms with Gasteiger partial charge in [0.15, 0.2) is 5.82 Å². The molecule has 2 aromatic rings. The Morgan fingerprint density at radius 1 is 1.41 bits per heavy atom. The van der Waals surface area contributed by atoms with Crippen molar-refractivity contribution in [3.05, 3.63) is 41.0 Å². The van der Waals surface area contributed by atoms with Crippen LogP contribution in [-0.2, 0) is 5.75 Å². The maximum absolute atomic E-state index is 5.87. The van der Waals surface area contributed by atoms with Crippen molar-refractivity contribution in [3.8, 4) is 0 Å². The molecule has 0 radical (unpaired) electrons. The summed E-state index contributed by atoms with van der Waals surface area (Å²) < 4.78 is 5.35. The number of nitrogens with one attached hydrogen (secondary N) is 1. The first-order chi connectivity index (χ1) is 10.2. The highest BCUT2D eigenvalue weighted by Crippen LogP contribution is 2.25. The summed E-state index contributed by atoms with van der Waals surface area (Å²) in [5.41, 5.74) is 0. The summed E-state index contributed by atoms with van der Waals surface area (Å²) in [7, 11) is 2.09. The molecule has 1 unspecified atom stereocenters. The van der Waals surface area contributed by atoms with E-state index in [4.69, 9.17) is 16.1 Å². The van der Waals surface area contributed by atoms with E-state index in [-0.39, 0.29) is 18.4 Å². The van der Waals surface area contributed by atoms with Crippen molar-refractivity contribution in [2.24, 2.45) is 0 Å². The van der Waals surface area contributed by atoms with E-state index in [1.807, 2.05) is 24.3 Å². The van der Waals surface area contributed by atoms with Gasteiger partial charge in [-0.15, -0.1) is 24.2 Å². The van der Waals surface area contributed by atoms with Gasteiger partial charge in [0.05, 0.1) is 11.8 Å². The van der Waals surface area contributed by atoms with Crippen molar-refractivity contribution in [2.45, 2.75) is 16.7 Å². The second-order valence-corrected chi connectivity index (χ2v) is 6.47. The summed E-state index contributed by atoms with van der Waals surface area (Å²) >= 11 is 7.53. The highest BCUT2D eigenvalue weighted by molar-refractivity contribution is 7.98. The molecular weight excluding hydrogens is 343 g/mol. The number of benzene rings is 1. The quantitative estimate of drug-likeness (QED) is 0.845. The van der Waals surface area contributed by atoms with E-state index in [9.17, 15) is 0 Å². The molecule has 0 saturated carbocycles. The van der Waals surface area contributed by atoms with Crippen LogP contribution in [0.1, 0.15) is 17.8 Å². The standard InChI is InChI=1S/C14H17ClN4OS.ClH/c1-19-7-6-16-8-12(19)14-17-13(20-18-14)9-21-11-4-2-10(15)3-5-11;/h2-5,12,16H,6-9H2,1H3;1H. The Morgan fingerprint density at radius 2 is 2.18 bits per heavy atom. The molecule has 1 aromatic carbocycles. The molecule has 0 aliphatic carbocycles. The second kappa shape index (κ2) is 8.17. The minimum Gasteiger partial charge on any atom is -0.338 e. The lowest BCUT2D eigenvalue weighted by molar-refractivity contribution is 0.190. The number of piperazine rings is 1. The van der Waals surface area contributed by atoms with Crippen LogP contribution in [0.25, 0.3) is 0 Å². The number of aromatic nitrogens is 2. The van der Waals surface area contributed by atoms with Crippen LogP contribution in [-0.4, -0.2) is 41.7 Å². The van der Waals surface area contributed by atoms with Crippen molar-refractivity contribution < 1.29 is 4.52 Å². The molecule has 0 amide bonds. The van der Waals surface area contributed by atoms with Gasteiger partial charge in [0, 0.05) is 29.6 Å². The van der Waals surface area contributed by atoms with Gasteiger partial charge in [0.1, 0.15) is 0 Å². The van der Waals surface area contributed by atoms with E-state index in [1.165, 1.54) is 0 Å². The fraction of sp³-hybridized carbons (Fsp3) is 0.429. The molecular formula is C14H18Cl2N4OS. The van der Waals surface area contributed by atoms with E-state index in [0.717, 1.165) is 35.4 Å². The minimum atomic E-state index is 0. The molecule has 1 aliphatic rings. The molecule has 22 heavy (non-hydrogen) atoms. The normalized spacial score (nSPS) is 18.9. The van der Waals surface area contributed by atoms with Crippen LogP contribution in [0.4, 0.5) is 0 Å². The topological polar surface area (TPSA) is 54.2 Å². The summed E-state index contributed by atoms with van der Waals surface area (Å²) in [6.45, 7) is 2.86. The van der Waals surface area contributed by atoms with E-state index >= 15 is 0 Å². The van der Waals surface area contributed by atoms with Gasteiger partial charge in [-0.05, 0) is 31.3 Å². The predicted octanol–water partition coefficient (Wildman–Crippen LogP) is 3.01. The average Bonchev–Trinajstić information content (AvgIpc) is 2.96. The zero-order valence-corrected chi connectivity index (χ0v) is 14.5. The average molecular weight is 361 g/mol. The smallest absolute Gasteiger partial charge is 0.237 e. The lowest BCUT2D eigenvalue weighted by Crippen LogP contribution is -2.44. The Hall–Kier alpha value is -0.790. The minimum absolute atomic E-state index is 0. The van der Waals surface area contributed by atoms with Crippen LogP contribution in [0.2, 0.25) is 5.02 Å². The number of hydrogen-bond acceptors (Lipinski definition) is 6. The third-order valence-corrected chi connectivity index (χ3v) is 4.72. The fourth-order valence-corrected chi connectivity index (χ4v) is 3.09. The highest BCUT2D eigenvalue weighted by Gasteiger charge is 2.25. The van der Waals surface area contributed by atoms with Crippen LogP contribution >= 0.6 is 35.8 Å². The summed E-state index contributed by atoms with van der Waals surface area (Å²) in [6, 6.07) is 7.93. The molecule has 1 saturated heterocycles. The highest BCUT2D eigenvalue weighted by atomic mass is 35.5. The van der Waals surface area contributed by atoms with E-state index in [2.05, 4.69) is 27.4 Å². The summed E-state index contributed by atoms with van der Waals surface area (Å²) in [5, 5.41) is 8.21. The van der Waals surface area contributed by atoms with E-state index in [1.54, 1.807) is 11.8 Å². The Morgan fingerprint density at radius 3 is 2.91 bits per heavy atom. The van der Waals surface area contributed by atoms with Gasteiger partial charge in [0.25, 0.3) is 0 Å². The zero-order valence-electron chi connectivity index (χ0n) is 12.2. The van der Waals surface area contributed by atoms with Crippen LogP contribution < -0.4 is 5.32 Å². The Kier molecular flexibility index (Phi) is 6.52. The van der Waals surface area contributed by atoms with Gasteiger partial charge in [-0.25, -0.2) is 0 Å². The number of thioether (sulfide) groups is 1. The summed E-state index contributed by atoms with van der Waals surface area (Å²) in [4.78, 5) is 7.89. The molecule has 1 fully saturated rings. The molecule has 5 nitrogen and oxygen atoms in total. The van der Waals surface area contributed by atoms with Gasteiger partial charge >= 0.3 is 0 Å². The fourth-order valence-electron chi connectivity index (χ4n) is 2.23. The van der Waals surface area contributed by atoms with Gasteiger partial charge < -0.3 is 9.84 Å². The van der Waals surface area contributed by atoms with Crippen molar-refractivity contribution in [3.63, 3.8) is 0 Å². The molecule has 0 spiro atoms. The van der Waals surface area contributed by atoms with Crippen LogP contribution in [0, 0.1) is 0 Å².